The monoisotopic (exact) mass is 292 g/mol. The van der Waals surface area contributed by atoms with Crippen molar-refractivity contribution in [2.75, 3.05) is 14.2 Å². The average molecular weight is 293 g/mol. The lowest BCUT2D eigenvalue weighted by molar-refractivity contribution is 0.379. The Bertz CT molecular complexity index is 523. The first kappa shape index (κ1) is 15.1. The summed E-state index contributed by atoms with van der Waals surface area (Å²) in [6, 6.07) is 3.39. The Hall–Kier alpha value is -0.940. The highest BCUT2D eigenvalue weighted by molar-refractivity contribution is 8.13. The molecule has 6 heteroatoms. The Morgan fingerprint density at radius 2 is 1.83 bits per heavy atom. The van der Waals surface area contributed by atoms with E-state index in [-0.39, 0.29) is 11.7 Å². The molecule has 0 atom stereocenters. The third kappa shape index (κ3) is 3.53. The van der Waals surface area contributed by atoms with Gasteiger partial charge >= 0.3 is 0 Å². The van der Waals surface area contributed by atoms with Crippen LogP contribution in [0.2, 0.25) is 0 Å². The number of halogens is 1. The number of ether oxygens (including phenoxy) is 2. The molecule has 0 radical (unpaired) electrons. The van der Waals surface area contributed by atoms with E-state index in [2.05, 4.69) is 0 Å². The van der Waals surface area contributed by atoms with Crippen molar-refractivity contribution < 1.29 is 17.9 Å². The van der Waals surface area contributed by atoms with Gasteiger partial charge in [-0.1, -0.05) is 19.9 Å². The molecule has 18 heavy (non-hydrogen) atoms. The van der Waals surface area contributed by atoms with Crippen LogP contribution in [0.4, 0.5) is 0 Å². The lowest BCUT2D eigenvalue weighted by atomic mass is 9.98. The minimum absolute atomic E-state index is 0.146. The van der Waals surface area contributed by atoms with Gasteiger partial charge in [-0.25, -0.2) is 8.42 Å². The van der Waals surface area contributed by atoms with Crippen molar-refractivity contribution in [3.8, 4) is 11.5 Å². The van der Waals surface area contributed by atoms with Gasteiger partial charge in [-0.3, -0.25) is 0 Å². The molecule has 1 rings (SSSR count). The van der Waals surface area contributed by atoms with Crippen LogP contribution in [0.1, 0.15) is 30.9 Å². The van der Waals surface area contributed by atoms with Gasteiger partial charge in [0, 0.05) is 21.8 Å². The summed E-state index contributed by atoms with van der Waals surface area (Å²) >= 11 is 0. The van der Waals surface area contributed by atoms with Crippen LogP contribution < -0.4 is 9.47 Å². The fraction of sp³-hybridized carbons (Fsp3) is 0.500. The first-order valence-electron chi connectivity index (χ1n) is 5.46. The van der Waals surface area contributed by atoms with Gasteiger partial charge < -0.3 is 9.47 Å². The largest absolute Gasteiger partial charge is 0.496 e. The third-order valence-corrected chi connectivity index (χ3v) is 3.55. The molecule has 0 heterocycles. The summed E-state index contributed by atoms with van der Waals surface area (Å²) in [7, 11) is 4.74. The molecule has 0 saturated heterocycles. The van der Waals surface area contributed by atoms with E-state index in [0.717, 1.165) is 5.56 Å². The van der Waals surface area contributed by atoms with Crippen LogP contribution in [-0.2, 0) is 14.8 Å². The van der Waals surface area contributed by atoms with E-state index in [4.69, 9.17) is 20.2 Å². The number of rotatable bonds is 5. The molecule has 1 aromatic rings. The van der Waals surface area contributed by atoms with Crippen LogP contribution in [0, 0.1) is 0 Å². The second-order valence-electron chi connectivity index (χ2n) is 4.21. The zero-order valence-corrected chi connectivity index (χ0v) is 12.4. The molecule has 0 fully saturated rings. The van der Waals surface area contributed by atoms with Crippen molar-refractivity contribution in [3.05, 3.63) is 23.3 Å². The van der Waals surface area contributed by atoms with Crippen molar-refractivity contribution in [2.24, 2.45) is 0 Å². The minimum Gasteiger partial charge on any atom is -0.496 e. The summed E-state index contributed by atoms with van der Waals surface area (Å²) in [6.07, 6.45) is 0. The number of hydrogen-bond donors (Lipinski definition) is 0. The first-order valence-corrected chi connectivity index (χ1v) is 7.94. The smallest absolute Gasteiger partial charge is 0.236 e. The quantitative estimate of drug-likeness (QED) is 0.783. The molecular weight excluding hydrogens is 276 g/mol. The standard InChI is InChI=1S/C12H17ClO4S/c1-8(2)11-10(16-3)6-5-9(12(11)17-4)7-18(13,14)15/h5-6,8H,7H2,1-4H3. The lowest BCUT2D eigenvalue weighted by Gasteiger charge is -2.18. The molecule has 0 saturated carbocycles. The van der Waals surface area contributed by atoms with Gasteiger partial charge in [0.15, 0.2) is 0 Å². The Morgan fingerprint density at radius 1 is 1.22 bits per heavy atom. The maximum atomic E-state index is 11.2. The Kier molecular flexibility index (Phi) is 4.87. The molecule has 0 aromatic heterocycles. The molecule has 0 unspecified atom stereocenters. The van der Waals surface area contributed by atoms with Gasteiger partial charge in [-0.2, -0.15) is 0 Å². The van der Waals surface area contributed by atoms with Crippen molar-refractivity contribution >= 4 is 19.7 Å². The van der Waals surface area contributed by atoms with Crippen molar-refractivity contribution in [2.45, 2.75) is 25.5 Å². The van der Waals surface area contributed by atoms with E-state index in [1.54, 1.807) is 19.2 Å². The van der Waals surface area contributed by atoms with E-state index >= 15 is 0 Å². The second-order valence-corrected chi connectivity index (χ2v) is 6.99. The zero-order chi connectivity index (χ0) is 13.9. The second kappa shape index (κ2) is 5.80. The molecule has 0 bridgehead atoms. The fourth-order valence-corrected chi connectivity index (χ4v) is 2.84. The van der Waals surface area contributed by atoms with E-state index < -0.39 is 9.05 Å². The number of methoxy groups -OCH3 is 2. The molecule has 0 aliphatic rings. The van der Waals surface area contributed by atoms with Gasteiger partial charge in [0.05, 0.1) is 20.0 Å². The number of benzene rings is 1. The Balaban J connectivity index is 3.42. The van der Waals surface area contributed by atoms with Crippen LogP contribution in [0.3, 0.4) is 0 Å². The summed E-state index contributed by atoms with van der Waals surface area (Å²) in [6.45, 7) is 3.97. The topological polar surface area (TPSA) is 52.6 Å². The number of hydrogen-bond acceptors (Lipinski definition) is 4. The maximum Gasteiger partial charge on any atom is 0.236 e. The van der Waals surface area contributed by atoms with Gasteiger partial charge in [0.2, 0.25) is 9.05 Å². The summed E-state index contributed by atoms with van der Waals surface area (Å²) in [5.41, 5.74) is 1.38. The van der Waals surface area contributed by atoms with E-state index in [0.29, 0.717) is 17.1 Å². The van der Waals surface area contributed by atoms with Crippen LogP contribution >= 0.6 is 10.7 Å². The lowest BCUT2D eigenvalue weighted by Crippen LogP contribution is -2.04. The molecule has 0 aliphatic carbocycles. The predicted molar refractivity (Wildman–Crippen MR) is 72.1 cm³/mol. The first-order chi connectivity index (χ1) is 8.30. The summed E-state index contributed by atoms with van der Waals surface area (Å²) in [5.74, 6) is 1.08. The van der Waals surface area contributed by atoms with Gasteiger partial charge in [0.1, 0.15) is 11.5 Å². The van der Waals surface area contributed by atoms with Crippen molar-refractivity contribution in [1.29, 1.82) is 0 Å². The van der Waals surface area contributed by atoms with Crippen molar-refractivity contribution in [1.82, 2.24) is 0 Å². The fourth-order valence-electron chi connectivity index (χ4n) is 1.89. The van der Waals surface area contributed by atoms with Gasteiger partial charge in [0.25, 0.3) is 0 Å². The van der Waals surface area contributed by atoms with E-state index in [1.807, 2.05) is 13.8 Å². The van der Waals surface area contributed by atoms with Crippen LogP contribution in [0.25, 0.3) is 0 Å². The van der Waals surface area contributed by atoms with E-state index in [9.17, 15) is 8.42 Å². The summed E-state index contributed by atoms with van der Waals surface area (Å²) in [4.78, 5) is 0. The van der Waals surface area contributed by atoms with Crippen molar-refractivity contribution in [3.63, 3.8) is 0 Å². The maximum absolute atomic E-state index is 11.2. The van der Waals surface area contributed by atoms with E-state index in [1.165, 1.54) is 7.11 Å². The molecule has 0 spiro atoms. The highest BCUT2D eigenvalue weighted by atomic mass is 35.7. The SMILES string of the molecule is COc1ccc(CS(=O)(=O)Cl)c(OC)c1C(C)C. The average Bonchev–Trinajstić information content (AvgIpc) is 2.26. The third-order valence-electron chi connectivity index (χ3n) is 2.57. The van der Waals surface area contributed by atoms with Gasteiger partial charge in [-0.05, 0) is 12.0 Å². The predicted octanol–water partition coefficient (Wildman–Crippen LogP) is 2.90. The molecule has 0 N–H and O–H groups in total. The highest BCUT2D eigenvalue weighted by Gasteiger charge is 2.20. The van der Waals surface area contributed by atoms with Crippen LogP contribution in [0.15, 0.2) is 12.1 Å². The van der Waals surface area contributed by atoms with Gasteiger partial charge in [-0.15, -0.1) is 0 Å². The highest BCUT2D eigenvalue weighted by Crippen LogP contribution is 2.38. The molecule has 102 valence electrons. The zero-order valence-electron chi connectivity index (χ0n) is 10.9. The van der Waals surface area contributed by atoms with Crippen LogP contribution in [-0.4, -0.2) is 22.6 Å². The minimum atomic E-state index is -3.62. The molecule has 0 aliphatic heterocycles. The Morgan fingerprint density at radius 3 is 2.22 bits per heavy atom. The molecule has 4 nitrogen and oxygen atoms in total. The molecule has 0 amide bonds. The van der Waals surface area contributed by atoms with Crippen LogP contribution in [0.5, 0.6) is 11.5 Å². The normalized spacial score (nSPS) is 11.7. The summed E-state index contributed by atoms with van der Waals surface area (Å²) < 4.78 is 33.0. The molecular formula is C12H17ClO4S. The molecule has 1 aromatic carbocycles. The summed E-state index contributed by atoms with van der Waals surface area (Å²) in [5, 5.41) is 0. The Labute approximate surface area is 112 Å².